The van der Waals surface area contributed by atoms with Crippen LogP contribution in [0.1, 0.15) is 57.6 Å². The number of hydrogen-bond acceptors (Lipinski definition) is 7. The maximum absolute atomic E-state index is 12.7. The zero-order valence-corrected chi connectivity index (χ0v) is 34.3. The molecule has 0 amide bonds. The molecule has 5 N–H and O–H groups in total. The number of aliphatic hydroxyl groups is 1. The second kappa shape index (κ2) is 16.9. The van der Waals surface area contributed by atoms with Gasteiger partial charge in [-0.1, -0.05) is 19.6 Å². The maximum atomic E-state index is 12.7. The van der Waals surface area contributed by atoms with Crippen LogP contribution in [0, 0.1) is 6.92 Å². The number of aliphatic hydroxyl groups excluding tert-OH is 1. The number of carboxylic acids is 3. The van der Waals surface area contributed by atoms with Gasteiger partial charge >= 0.3 is 17.9 Å². The third-order valence-corrected chi connectivity index (χ3v) is 8.33. The number of carbonyl (C=O) groups is 3. The second-order valence-corrected chi connectivity index (χ2v) is 10.9. The standard InChI is InChI=1S/C34H32N4O7.3Na/c1-6-18-15(3)23-11-24-16(4)20(8-9-29(40)41)32(37-24)21(10-30(42)43)33-31(34(44)45)17(5)25(38-33)12-27-19(7-2)22(14-39)28(36-27)13-26(18)35-23;;;/h6,11-14,35,39H,1,7-10H2,2-5H3,(H,40,41)(H,42,43)(H,44,45);;;. The minimum atomic E-state index is -1.30. The molecule has 1 aromatic rings. The molecule has 0 aromatic carbocycles. The van der Waals surface area contributed by atoms with Gasteiger partial charge < -0.3 is 25.4 Å². The summed E-state index contributed by atoms with van der Waals surface area (Å²) >= 11 is 0. The molecule has 11 nitrogen and oxygen atoms in total. The summed E-state index contributed by atoms with van der Waals surface area (Å²) in [4.78, 5) is 54.2. The predicted octanol–water partition coefficient (Wildman–Crippen LogP) is 3.06. The average molecular weight is 678 g/mol. The number of hydrogen-bond donors (Lipinski definition) is 5. The first-order valence-corrected chi connectivity index (χ1v) is 14.3. The fourth-order valence-corrected chi connectivity index (χ4v) is 6.02. The molecular weight excluding hydrogens is 645 g/mol. The van der Waals surface area contributed by atoms with Crippen molar-refractivity contribution in [3.8, 4) is 0 Å². The van der Waals surface area contributed by atoms with Crippen LogP contribution in [0.3, 0.4) is 0 Å². The molecule has 4 aliphatic rings. The summed E-state index contributed by atoms with van der Waals surface area (Å²) in [6, 6.07) is 0. The molecule has 14 heteroatoms. The van der Waals surface area contributed by atoms with E-state index in [0.29, 0.717) is 62.1 Å². The van der Waals surface area contributed by atoms with Crippen molar-refractivity contribution >= 4 is 142 Å². The number of allylic oxidation sites excluding steroid dienone is 6. The van der Waals surface area contributed by atoms with Crippen LogP contribution in [-0.4, -0.2) is 149 Å². The molecule has 5 rings (SSSR count). The van der Waals surface area contributed by atoms with Gasteiger partial charge in [-0.2, -0.15) is 0 Å². The molecule has 48 heavy (non-hydrogen) atoms. The fraction of sp³-hybridized carbons (Fsp3) is 0.235. The predicted molar refractivity (Wildman–Crippen MR) is 189 cm³/mol. The van der Waals surface area contributed by atoms with Gasteiger partial charge in [0, 0.05) is 123 Å². The van der Waals surface area contributed by atoms with Crippen LogP contribution < -0.4 is 10.7 Å². The molecule has 4 aliphatic heterocycles. The Morgan fingerprint density at radius 1 is 0.854 bits per heavy atom. The third-order valence-electron chi connectivity index (χ3n) is 8.33. The van der Waals surface area contributed by atoms with Gasteiger partial charge in [-0.05, 0) is 79.7 Å². The summed E-state index contributed by atoms with van der Waals surface area (Å²) in [5.41, 5.74) is 6.03. The number of carboxylic acid groups (broad SMARTS) is 3. The molecule has 0 spiro atoms. The van der Waals surface area contributed by atoms with Crippen molar-refractivity contribution in [3.05, 3.63) is 96.8 Å². The van der Waals surface area contributed by atoms with E-state index in [1.165, 1.54) is 0 Å². The zero-order chi connectivity index (χ0) is 32.7. The Bertz CT molecular complexity index is 2050. The molecule has 0 unspecified atom stereocenters. The van der Waals surface area contributed by atoms with Crippen molar-refractivity contribution in [2.75, 3.05) is 0 Å². The van der Waals surface area contributed by atoms with Gasteiger partial charge in [-0.3, -0.25) is 9.59 Å². The first-order valence-electron chi connectivity index (χ1n) is 14.3. The van der Waals surface area contributed by atoms with Crippen molar-refractivity contribution in [1.82, 2.24) is 4.98 Å². The third kappa shape index (κ3) is 7.75. The Hall–Kier alpha value is -2.58. The van der Waals surface area contributed by atoms with E-state index in [1.807, 2.05) is 13.8 Å². The molecule has 0 fully saturated rings. The summed E-state index contributed by atoms with van der Waals surface area (Å²) in [5.74, 6) is -3.57. The number of fused-ring (bicyclic) bond motifs is 5. The van der Waals surface area contributed by atoms with E-state index in [2.05, 4.69) is 16.6 Å². The van der Waals surface area contributed by atoms with Crippen molar-refractivity contribution in [3.63, 3.8) is 0 Å². The summed E-state index contributed by atoms with van der Waals surface area (Å²) in [6.45, 7) is 11.2. The van der Waals surface area contributed by atoms with Crippen molar-refractivity contribution < 1.29 is 34.8 Å². The van der Waals surface area contributed by atoms with E-state index < -0.39 is 24.3 Å². The SMILES string of the molecule is C=Cc1c(C)c2[nH]c1=CC1=NC(=C(CC)C1=CO)C=C1N=C(C(CC(=O)O)=C3N=C(C=2)C(C)=C3CCC(=O)O)C(C(=O)O)=C1C.[Na].[Na].[Na]. The second-order valence-electron chi connectivity index (χ2n) is 10.9. The largest absolute Gasteiger partial charge is 0.515 e. The molecule has 5 heterocycles. The number of aliphatic carboxylic acids is 3. The molecule has 0 saturated carbocycles. The quantitative estimate of drug-likeness (QED) is 0.207. The summed E-state index contributed by atoms with van der Waals surface area (Å²) < 4.78 is 0. The topological polar surface area (TPSA) is 185 Å². The smallest absolute Gasteiger partial charge is 0.338 e. The van der Waals surface area contributed by atoms with Crippen molar-refractivity contribution in [2.45, 2.75) is 53.4 Å². The van der Waals surface area contributed by atoms with E-state index in [9.17, 15) is 34.8 Å². The molecule has 1 aromatic heterocycles. The Kier molecular flexibility index (Phi) is 14.6. The van der Waals surface area contributed by atoms with Gasteiger partial charge in [0.05, 0.1) is 52.5 Å². The van der Waals surface area contributed by atoms with Crippen molar-refractivity contribution in [1.29, 1.82) is 0 Å². The minimum absolute atomic E-state index is 0. The molecule has 233 valence electrons. The number of aliphatic imine (C=N–C) groups is 3. The first kappa shape index (κ1) is 41.6. The van der Waals surface area contributed by atoms with Crippen LogP contribution in [0.15, 0.2) is 90.0 Å². The Morgan fingerprint density at radius 3 is 2.08 bits per heavy atom. The molecule has 3 radical (unpaired) electrons. The number of H-pyrrole nitrogens is 1. The van der Waals surface area contributed by atoms with Gasteiger partial charge in [0.1, 0.15) is 0 Å². The monoisotopic (exact) mass is 677 g/mol. The Labute approximate surface area is 343 Å². The molecule has 0 saturated heterocycles. The fourth-order valence-electron chi connectivity index (χ4n) is 6.02. The average Bonchev–Trinajstić information content (AvgIpc) is 3.67. The summed E-state index contributed by atoms with van der Waals surface area (Å²) in [6.07, 6.45) is 7.62. The molecule has 0 aliphatic carbocycles. The van der Waals surface area contributed by atoms with Gasteiger partial charge in [0.15, 0.2) is 0 Å². The van der Waals surface area contributed by atoms with Gasteiger partial charge in [-0.15, -0.1) is 0 Å². The number of nitrogens with zero attached hydrogens (tertiary/aromatic N) is 3. The van der Waals surface area contributed by atoms with Crippen LogP contribution in [0.5, 0.6) is 0 Å². The van der Waals surface area contributed by atoms with Crippen LogP contribution in [0.2, 0.25) is 0 Å². The Morgan fingerprint density at radius 2 is 1.52 bits per heavy atom. The number of aromatic nitrogens is 1. The van der Waals surface area contributed by atoms with Crippen LogP contribution in [-0.2, 0) is 14.4 Å². The van der Waals surface area contributed by atoms with Gasteiger partial charge in [-0.25, -0.2) is 19.8 Å². The van der Waals surface area contributed by atoms with E-state index in [-0.39, 0.29) is 130 Å². The zero-order valence-electron chi connectivity index (χ0n) is 28.3. The van der Waals surface area contributed by atoms with Gasteiger partial charge in [0.2, 0.25) is 0 Å². The van der Waals surface area contributed by atoms with Crippen LogP contribution in [0.4, 0.5) is 0 Å². The maximum Gasteiger partial charge on any atom is 0.338 e. The van der Waals surface area contributed by atoms with Crippen molar-refractivity contribution in [2.24, 2.45) is 15.0 Å². The molecule has 8 bridgehead atoms. The summed E-state index contributed by atoms with van der Waals surface area (Å²) in [7, 11) is 0. The molecular formula is C34H32N4Na3O7. The first-order chi connectivity index (χ1) is 21.4. The van der Waals surface area contributed by atoms with E-state index in [1.54, 1.807) is 38.2 Å². The van der Waals surface area contributed by atoms with Crippen LogP contribution >= 0.6 is 0 Å². The van der Waals surface area contributed by atoms with E-state index >= 15 is 0 Å². The number of aromatic amines is 1. The minimum Gasteiger partial charge on any atom is -0.515 e. The van der Waals surface area contributed by atoms with Gasteiger partial charge in [0.25, 0.3) is 0 Å². The number of nitrogens with one attached hydrogen (secondary N) is 1. The van der Waals surface area contributed by atoms with E-state index in [4.69, 9.17) is 9.98 Å². The van der Waals surface area contributed by atoms with E-state index in [0.717, 1.165) is 17.4 Å². The normalized spacial score (nSPS) is 17.4. The summed E-state index contributed by atoms with van der Waals surface area (Å²) in [5, 5.41) is 41.4. The van der Waals surface area contributed by atoms with Crippen LogP contribution in [0.25, 0.3) is 18.2 Å². The Balaban J connectivity index is 0.00000267. The molecule has 0 atom stereocenters. The number of rotatable bonds is 8.